The smallest absolute Gasteiger partial charge is 0.194 e. The average Bonchev–Trinajstić information content (AvgIpc) is 3.32. The van der Waals surface area contributed by atoms with Crippen molar-refractivity contribution >= 4 is 29.9 Å². The van der Waals surface area contributed by atoms with Gasteiger partial charge in [0, 0.05) is 26.2 Å². The van der Waals surface area contributed by atoms with Crippen LogP contribution in [0, 0.1) is 5.92 Å². The zero-order valence-electron chi connectivity index (χ0n) is 16.8. The molecule has 0 radical (unpaired) electrons. The third-order valence-electron chi connectivity index (χ3n) is 5.21. The lowest BCUT2D eigenvalue weighted by atomic mass is 10.1. The molecule has 2 aliphatic rings. The van der Waals surface area contributed by atoms with E-state index in [1.807, 2.05) is 30.3 Å². The van der Waals surface area contributed by atoms with Crippen LogP contribution in [0.25, 0.3) is 0 Å². The van der Waals surface area contributed by atoms with Gasteiger partial charge in [0.05, 0.1) is 6.54 Å². The molecule has 5 nitrogen and oxygen atoms in total. The fourth-order valence-electron chi connectivity index (χ4n) is 3.91. The van der Waals surface area contributed by atoms with Gasteiger partial charge in [-0.1, -0.05) is 18.2 Å². The van der Waals surface area contributed by atoms with Crippen LogP contribution in [0.2, 0.25) is 0 Å². The number of ether oxygens (including phenoxy) is 1. The molecule has 0 aliphatic carbocycles. The Hall–Kier alpha value is -1.02. The van der Waals surface area contributed by atoms with E-state index in [0.29, 0.717) is 6.54 Å². The largest absolute Gasteiger partial charge is 0.489 e. The van der Waals surface area contributed by atoms with Gasteiger partial charge in [0.15, 0.2) is 5.96 Å². The highest BCUT2D eigenvalue weighted by atomic mass is 127. The normalized spacial score (nSPS) is 21.8. The minimum Gasteiger partial charge on any atom is -0.489 e. The standard InChI is InChI=1S/C21H34N4O.HI/c1-3-22-21(23-15-18(2)26-20-9-5-4-6-10-20)25-14-11-19(17-25)16-24-12-7-8-13-24;/h4-6,9-10,18-19H,3,7-8,11-17H2,1-2H3,(H,22,23);1H. The molecule has 2 heterocycles. The summed E-state index contributed by atoms with van der Waals surface area (Å²) in [6, 6.07) is 9.99. The predicted octanol–water partition coefficient (Wildman–Crippen LogP) is 3.46. The Morgan fingerprint density at radius 3 is 2.67 bits per heavy atom. The Morgan fingerprint density at radius 1 is 1.22 bits per heavy atom. The van der Waals surface area contributed by atoms with Crippen LogP contribution in [0.4, 0.5) is 0 Å². The molecule has 0 bridgehead atoms. The number of hydrogen-bond donors (Lipinski definition) is 1. The van der Waals surface area contributed by atoms with Gasteiger partial charge in [-0.2, -0.15) is 0 Å². The van der Waals surface area contributed by atoms with Gasteiger partial charge < -0.3 is 19.9 Å². The summed E-state index contributed by atoms with van der Waals surface area (Å²) in [6.45, 7) is 11.9. The highest BCUT2D eigenvalue weighted by Gasteiger charge is 2.27. The average molecular weight is 486 g/mol. The Labute approximate surface area is 181 Å². The van der Waals surface area contributed by atoms with Crippen molar-refractivity contribution in [2.24, 2.45) is 10.9 Å². The van der Waals surface area contributed by atoms with E-state index in [-0.39, 0.29) is 30.1 Å². The first-order valence-electron chi connectivity index (χ1n) is 10.2. The number of aliphatic imine (C=N–C) groups is 1. The minimum absolute atomic E-state index is 0. The molecule has 2 atom stereocenters. The second-order valence-corrected chi connectivity index (χ2v) is 7.54. The molecule has 2 fully saturated rings. The summed E-state index contributed by atoms with van der Waals surface area (Å²) in [5.41, 5.74) is 0. The Bertz CT molecular complexity index is 563. The third kappa shape index (κ3) is 7.14. The van der Waals surface area contributed by atoms with Crippen LogP contribution in [-0.4, -0.2) is 67.7 Å². The second kappa shape index (κ2) is 11.7. The first-order valence-corrected chi connectivity index (χ1v) is 10.2. The highest BCUT2D eigenvalue weighted by Crippen LogP contribution is 2.20. The molecule has 1 N–H and O–H groups in total. The third-order valence-corrected chi connectivity index (χ3v) is 5.21. The van der Waals surface area contributed by atoms with Gasteiger partial charge in [0.1, 0.15) is 11.9 Å². The molecule has 0 aromatic heterocycles. The van der Waals surface area contributed by atoms with Gasteiger partial charge >= 0.3 is 0 Å². The summed E-state index contributed by atoms with van der Waals surface area (Å²) in [5, 5.41) is 3.46. The molecule has 0 spiro atoms. The van der Waals surface area contributed by atoms with Crippen molar-refractivity contribution in [1.29, 1.82) is 0 Å². The quantitative estimate of drug-likeness (QED) is 0.364. The van der Waals surface area contributed by atoms with Crippen molar-refractivity contribution in [2.75, 3.05) is 45.8 Å². The Kier molecular flexibility index (Phi) is 9.68. The second-order valence-electron chi connectivity index (χ2n) is 7.54. The SMILES string of the molecule is CCNC(=NCC(C)Oc1ccccc1)N1CCC(CN2CCCC2)C1.I. The summed E-state index contributed by atoms with van der Waals surface area (Å²) in [4.78, 5) is 9.91. The fourth-order valence-corrected chi connectivity index (χ4v) is 3.91. The van der Waals surface area contributed by atoms with Crippen LogP contribution >= 0.6 is 24.0 Å². The molecular weight excluding hydrogens is 451 g/mol. The number of nitrogens with one attached hydrogen (secondary N) is 1. The summed E-state index contributed by atoms with van der Waals surface area (Å²) >= 11 is 0. The van der Waals surface area contributed by atoms with E-state index in [2.05, 4.69) is 29.0 Å². The molecule has 0 amide bonds. The number of hydrogen-bond acceptors (Lipinski definition) is 3. The number of para-hydroxylation sites is 1. The van der Waals surface area contributed by atoms with E-state index in [9.17, 15) is 0 Å². The van der Waals surface area contributed by atoms with Crippen LogP contribution in [0.15, 0.2) is 35.3 Å². The molecule has 0 saturated carbocycles. The van der Waals surface area contributed by atoms with E-state index in [1.54, 1.807) is 0 Å². The molecular formula is C21H35IN4O. The monoisotopic (exact) mass is 486 g/mol. The Morgan fingerprint density at radius 2 is 1.96 bits per heavy atom. The van der Waals surface area contributed by atoms with Gasteiger partial charge in [0.25, 0.3) is 0 Å². The summed E-state index contributed by atoms with van der Waals surface area (Å²) in [7, 11) is 0. The summed E-state index contributed by atoms with van der Waals surface area (Å²) in [5.74, 6) is 2.72. The number of rotatable bonds is 7. The van der Waals surface area contributed by atoms with Crippen LogP contribution < -0.4 is 10.1 Å². The van der Waals surface area contributed by atoms with Gasteiger partial charge in [-0.05, 0) is 64.3 Å². The number of nitrogens with zero attached hydrogens (tertiary/aromatic N) is 3. The summed E-state index contributed by atoms with van der Waals surface area (Å²) < 4.78 is 5.96. The van der Waals surface area contributed by atoms with Gasteiger partial charge in [-0.3, -0.25) is 0 Å². The van der Waals surface area contributed by atoms with E-state index in [1.165, 1.54) is 38.9 Å². The van der Waals surface area contributed by atoms with Crippen molar-refractivity contribution in [3.63, 3.8) is 0 Å². The van der Waals surface area contributed by atoms with E-state index >= 15 is 0 Å². The maximum Gasteiger partial charge on any atom is 0.194 e. The topological polar surface area (TPSA) is 40.1 Å². The predicted molar refractivity (Wildman–Crippen MR) is 123 cm³/mol. The van der Waals surface area contributed by atoms with Crippen molar-refractivity contribution in [3.05, 3.63) is 30.3 Å². The Balaban J connectivity index is 0.00000261. The highest BCUT2D eigenvalue weighted by molar-refractivity contribution is 14.0. The maximum atomic E-state index is 5.96. The van der Waals surface area contributed by atoms with Gasteiger partial charge in [-0.15, -0.1) is 24.0 Å². The molecule has 3 rings (SSSR count). The lowest BCUT2D eigenvalue weighted by Crippen LogP contribution is -2.41. The van der Waals surface area contributed by atoms with Gasteiger partial charge in [0.2, 0.25) is 0 Å². The number of likely N-dealkylation sites (tertiary alicyclic amines) is 2. The molecule has 2 aliphatic heterocycles. The van der Waals surface area contributed by atoms with Gasteiger partial charge in [-0.25, -0.2) is 4.99 Å². The molecule has 1 aromatic carbocycles. The van der Waals surface area contributed by atoms with E-state index in [0.717, 1.165) is 37.3 Å². The first kappa shape index (κ1) is 22.3. The zero-order chi connectivity index (χ0) is 18.2. The molecule has 6 heteroatoms. The van der Waals surface area contributed by atoms with Crippen LogP contribution in [0.1, 0.15) is 33.1 Å². The lowest BCUT2D eigenvalue weighted by molar-refractivity contribution is 0.229. The van der Waals surface area contributed by atoms with E-state index < -0.39 is 0 Å². The number of benzene rings is 1. The number of guanidine groups is 1. The minimum atomic E-state index is 0. The van der Waals surface area contributed by atoms with Crippen molar-refractivity contribution in [2.45, 2.75) is 39.2 Å². The molecule has 2 saturated heterocycles. The molecule has 27 heavy (non-hydrogen) atoms. The maximum absolute atomic E-state index is 5.96. The fraction of sp³-hybridized carbons (Fsp3) is 0.667. The molecule has 152 valence electrons. The zero-order valence-corrected chi connectivity index (χ0v) is 19.1. The molecule has 1 aromatic rings. The lowest BCUT2D eigenvalue weighted by Gasteiger charge is -2.24. The molecule has 2 unspecified atom stereocenters. The summed E-state index contributed by atoms with van der Waals surface area (Å²) in [6.07, 6.45) is 4.09. The van der Waals surface area contributed by atoms with Crippen molar-refractivity contribution in [1.82, 2.24) is 15.1 Å². The number of halogens is 1. The van der Waals surface area contributed by atoms with Crippen LogP contribution in [-0.2, 0) is 0 Å². The van der Waals surface area contributed by atoms with Crippen molar-refractivity contribution in [3.8, 4) is 5.75 Å². The van der Waals surface area contributed by atoms with Crippen LogP contribution in [0.5, 0.6) is 5.75 Å². The van der Waals surface area contributed by atoms with Crippen molar-refractivity contribution < 1.29 is 4.74 Å². The van der Waals surface area contributed by atoms with E-state index in [4.69, 9.17) is 9.73 Å². The first-order chi connectivity index (χ1) is 12.7. The van der Waals surface area contributed by atoms with Crippen LogP contribution in [0.3, 0.4) is 0 Å².